The molecule has 0 radical (unpaired) electrons. The van der Waals surface area contributed by atoms with Gasteiger partial charge >= 0.3 is 0 Å². The molecule has 7 heteroatoms. The molecule has 4 aromatic rings. The maximum atomic E-state index is 13.4. The van der Waals surface area contributed by atoms with Gasteiger partial charge in [0, 0.05) is 10.0 Å². The lowest BCUT2D eigenvalue weighted by atomic mass is 10.1. The van der Waals surface area contributed by atoms with Gasteiger partial charge in [-0.25, -0.2) is 14.1 Å². The van der Waals surface area contributed by atoms with E-state index in [1.165, 1.54) is 22.9 Å². The summed E-state index contributed by atoms with van der Waals surface area (Å²) in [6.45, 7) is 0.382. The molecular weight excluding hydrogens is 425 g/mol. The molecule has 28 heavy (non-hydrogen) atoms. The number of fused-ring (bicyclic) bond motifs is 1. The second-order valence-electron chi connectivity index (χ2n) is 6.22. The molecule has 1 heterocycles. The van der Waals surface area contributed by atoms with Crippen LogP contribution in [-0.2, 0) is 6.54 Å². The normalized spacial score (nSPS) is 10.9. The van der Waals surface area contributed by atoms with Gasteiger partial charge < -0.3 is 10.5 Å². The zero-order valence-electron chi connectivity index (χ0n) is 14.6. The molecule has 0 spiro atoms. The SMILES string of the molecule is O=c1c2cccc(O)c2nc(-c2ccc(F)cc2)n1NCc1ccc(Br)cc1. The molecule has 0 saturated heterocycles. The summed E-state index contributed by atoms with van der Waals surface area (Å²) >= 11 is 3.40. The number of nitrogens with one attached hydrogen (secondary N) is 1. The van der Waals surface area contributed by atoms with Crippen LogP contribution in [0.5, 0.6) is 5.75 Å². The van der Waals surface area contributed by atoms with Crippen molar-refractivity contribution in [2.75, 3.05) is 5.43 Å². The van der Waals surface area contributed by atoms with E-state index in [0.29, 0.717) is 12.1 Å². The van der Waals surface area contributed by atoms with E-state index in [4.69, 9.17) is 0 Å². The van der Waals surface area contributed by atoms with E-state index in [0.717, 1.165) is 10.0 Å². The summed E-state index contributed by atoms with van der Waals surface area (Å²) in [5.41, 5.74) is 4.46. The van der Waals surface area contributed by atoms with Gasteiger partial charge in [-0.3, -0.25) is 4.79 Å². The van der Waals surface area contributed by atoms with Gasteiger partial charge in [0.15, 0.2) is 5.82 Å². The minimum Gasteiger partial charge on any atom is -0.506 e. The number of hydrogen-bond donors (Lipinski definition) is 2. The van der Waals surface area contributed by atoms with Crippen LogP contribution >= 0.6 is 15.9 Å². The third-order valence-corrected chi connectivity index (χ3v) is 4.86. The van der Waals surface area contributed by atoms with Crippen LogP contribution in [0.3, 0.4) is 0 Å². The Balaban J connectivity index is 1.85. The lowest BCUT2D eigenvalue weighted by Crippen LogP contribution is -2.31. The van der Waals surface area contributed by atoms with Crippen molar-refractivity contribution in [3.63, 3.8) is 0 Å². The van der Waals surface area contributed by atoms with E-state index in [1.54, 1.807) is 24.3 Å². The van der Waals surface area contributed by atoms with Gasteiger partial charge in [-0.2, -0.15) is 0 Å². The Morgan fingerprint density at radius 1 is 1.04 bits per heavy atom. The molecule has 0 unspecified atom stereocenters. The summed E-state index contributed by atoms with van der Waals surface area (Å²) in [7, 11) is 0. The molecule has 4 rings (SSSR count). The quantitative estimate of drug-likeness (QED) is 0.493. The van der Waals surface area contributed by atoms with Crippen LogP contribution in [0, 0.1) is 5.82 Å². The Kier molecular flexibility index (Phi) is 4.83. The van der Waals surface area contributed by atoms with Gasteiger partial charge in [0.05, 0.1) is 11.9 Å². The molecule has 1 aromatic heterocycles. The van der Waals surface area contributed by atoms with Gasteiger partial charge in [-0.05, 0) is 54.1 Å². The maximum Gasteiger partial charge on any atom is 0.280 e. The van der Waals surface area contributed by atoms with Crippen LogP contribution in [0.2, 0.25) is 0 Å². The fraction of sp³-hybridized carbons (Fsp3) is 0.0476. The number of rotatable bonds is 4. The summed E-state index contributed by atoms with van der Waals surface area (Å²) in [6.07, 6.45) is 0. The van der Waals surface area contributed by atoms with Crippen LogP contribution in [0.1, 0.15) is 5.56 Å². The molecule has 0 aliphatic carbocycles. The van der Waals surface area contributed by atoms with Crippen molar-refractivity contribution in [1.82, 2.24) is 9.66 Å². The molecule has 3 aromatic carbocycles. The number of para-hydroxylation sites is 1. The lowest BCUT2D eigenvalue weighted by Gasteiger charge is -2.16. The van der Waals surface area contributed by atoms with Crippen molar-refractivity contribution in [1.29, 1.82) is 0 Å². The average Bonchev–Trinajstić information content (AvgIpc) is 2.70. The fourth-order valence-corrected chi connectivity index (χ4v) is 3.17. The predicted octanol–water partition coefficient (Wildman–Crippen LogP) is 4.41. The monoisotopic (exact) mass is 439 g/mol. The minimum atomic E-state index is -0.385. The van der Waals surface area contributed by atoms with E-state index in [2.05, 4.69) is 26.3 Å². The molecule has 0 saturated carbocycles. The number of phenolic OH excluding ortho intramolecular Hbond substituents is 1. The number of benzene rings is 3. The highest BCUT2D eigenvalue weighted by Crippen LogP contribution is 2.24. The fourth-order valence-electron chi connectivity index (χ4n) is 2.91. The first kappa shape index (κ1) is 18.2. The highest BCUT2D eigenvalue weighted by molar-refractivity contribution is 9.10. The molecule has 5 nitrogen and oxygen atoms in total. The topological polar surface area (TPSA) is 67.1 Å². The third-order valence-electron chi connectivity index (χ3n) is 4.33. The van der Waals surface area contributed by atoms with Gasteiger partial charge in [0.2, 0.25) is 0 Å². The Bertz CT molecular complexity index is 1210. The Morgan fingerprint density at radius 2 is 1.75 bits per heavy atom. The molecule has 0 bridgehead atoms. The Morgan fingerprint density at radius 3 is 2.46 bits per heavy atom. The van der Waals surface area contributed by atoms with E-state index < -0.39 is 0 Å². The van der Waals surface area contributed by atoms with Crippen LogP contribution in [0.15, 0.2) is 76.0 Å². The summed E-state index contributed by atoms with van der Waals surface area (Å²) in [5.74, 6) is -0.182. The molecule has 2 N–H and O–H groups in total. The number of hydrogen-bond acceptors (Lipinski definition) is 4. The van der Waals surface area contributed by atoms with E-state index >= 15 is 0 Å². The zero-order chi connectivity index (χ0) is 19.7. The standard InChI is InChI=1S/C21H15BrFN3O2/c22-15-8-4-13(5-9-15)12-24-26-20(14-6-10-16(23)11-7-14)25-19-17(21(26)28)2-1-3-18(19)27/h1-11,24,27H,12H2. The minimum absolute atomic E-state index is 0.0852. The first-order chi connectivity index (χ1) is 13.5. The second kappa shape index (κ2) is 7.44. The Labute approximate surface area is 168 Å². The number of halogens is 2. The predicted molar refractivity (Wildman–Crippen MR) is 110 cm³/mol. The van der Waals surface area contributed by atoms with Crippen molar-refractivity contribution < 1.29 is 9.50 Å². The molecule has 0 atom stereocenters. The van der Waals surface area contributed by atoms with Crippen LogP contribution in [0.4, 0.5) is 4.39 Å². The number of aromatic nitrogens is 2. The molecule has 0 fully saturated rings. The first-order valence-corrected chi connectivity index (χ1v) is 9.31. The van der Waals surface area contributed by atoms with Crippen LogP contribution < -0.4 is 11.0 Å². The maximum absolute atomic E-state index is 13.4. The summed E-state index contributed by atoms with van der Waals surface area (Å²) < 4.78 is 15.6. The van der Waals surface area contributed by atoms with Crippen molar-refractivity contribution in [2.45, 2.75) is 6.54 Å². The van der Waals surface area contributed by atoms with Crippen LogP contribution in [-0.4, -0.2) is 14.8 Å². The highest BCUT2D eigenvalue weighted by atomic mass is 79.9. The summed E-state index contributed by atoms with van der Waals surface area (Å²) in [6, 6.07) is 18.1. The van der Waals surface area contributed by atoms with Gasteiger partial charge in [0.1, 0.15) is 17.1 Å². The first-order valence-electron chi connectivity index (χ1n) is 8.52. The zero-order valence-corrected chi connectivity index (χ0v) is 16.1. The van der Waals surface area contributed by atoms with E-state index in [9.17, 15) is 14.3 Å². The summed E-state index contributed by atoms with van der Waals surface area (Å²) in [5, 5.41) is 10.4. The molecule has 0 aliphatic rings. The number of nitrogens with zero attached hydrogens (tertiary/aromatic N) is 2. The lowest BCUT2D eigenvalue weighted by molar-refractivity contribution is 0.480. The number of aromatic hydroxyl groups is 1. The van der Waals surface area contributed by atoms with Crippen molar-refractivity contribution in [3.8, 4) is 17.1 Å². The molecule has 0 aliphatic heterocycles. The third kappa shape index (κ3) is 3.48. The summed E-state index contributed by atoms with van der Waals surface area (Å²) in [4.78, 5) is 17.6. The number of phenols is 1. The molecular formula is C21H15BrFN3O2. The van der Waals surface area contributed by atoms with Crippen LogP contribution in [0.25, 0.3) is 22.3 Å². The Hall–Kier alpha value is -3.19. The average molecular weight is 440 g/mol. The van der Waals surface area contributed by atoms with Gasteiger partial charge in [-0.1, -0.05) is 34.1 Å². The van der Waals surface area contributed by atoms with Crippen molar-refractivity contribution in [3.05, 3.63) is 92.9 Å². The smallest absolute Gasteiger partial charge is 0.280 e. The van der Waals surface area contributed by atoms with E-state index in [-0.39, 0.29) is 33.9 Å². The molecule has 140 valence electrons. The highest BCUT2D eigenvalue weighted by Gasteiger charge is 2.15. The molecule has 0 amide bonds. The second-order valence-corrected chi connectivity index (χ2v) is 7.13. The van der Waals surface area contributed by atoms with E-state index in [1.807, 2.05) is 24.3 Å². The van der Waals surface area contributed by atoms with Gasteiger partial charge in [0.25, 0.3) is 5.56 Å². The van der Waals surface area contributed by atoms with Gasteiger partial charge in [-0.15, -0.1) is 0 Å². The largest absolute Gasteiger partial charge is 0.506 e. The van der Waals surface area contributed by atoms with Crippen molar-refractivity contribution in [2.24, 2.45) is 0 Å². The van der Waals surface area contributed by atoms with Crippen molar-refractivity contribution >= 4 is 26.8 Å².